The monoisotopic (exact) mass is 834 g/mol. The first kappa shape index (κ1) is 37.5. The molecule has 1 aliphatic carbocycles. The molecular weight excluding hydrogens is 789 g/mol. The lowest BCUT2D eigenvalue weighted by atomic mass is 9.80. The van der Waals surface area contributed by atoms with Gasteiger partial charge in [0.25, 0.3) is 0 Å². The van der Waals surface area contributed by atoms with Gasteiger partial charge in [0.1, 0.15) is 0 Å². The zero-order chi connectivity index (χ0) is 43.6. The van der Waals surface area contributed by atoms with Crippen LogP contribution in [0.2, 0.25) is 0 Å². The van der Waals surface area contributed by atoms with Crippen molar-refractivity contribution in [2.24, 2.45) is 0 Å². The largest absolute Gasteiger partial charge is 0.341 e. The lowest BCUT2D eigenvalue weighted by Gasteiger charge is -2.39. The molecule has 3 aliphatic rings. The molecule has 0 saturated carbocycles. The van der Waals surface area contributed by atoms with E-state index in [9.17, 15) is 0 Å². The van der Waals surface area contributed by atoms with E-state index >= 15 is 0 Å². The minimum absolute atomic E-state index is 0.148. The molecule has 0 N–H and O–H groups in total. The summed E-state index contributed by atoms with van der Waals surface area (Å²) in [7, 11) is 4.35. The van der Waals surface area contributed by atoms with Crippen LogP contribution in [0, 0.1) is 0 Å². The molecule has 0 aromatic heterocycles. The van der Waals surface area contributed by atoms with Gasteiger partial charge in [-0.2, -0.15) is 0 Å². The predicted octanol–water partition coefficient (Wildman–Crippen LogP) is 16.7. The molecule has 0 bridgehead atoms. The number of para-hydroxylation sites is 8. The van der Waals surface area contributed by atoms with Crippen LogP contribution in [0.15, 0.2) is 206 Å². The van der Waals surface area contributed by atoms with Gasteiger partial charge in [-0.3, -0.25) is 0 Å². The number of hydrogen-bond acceptors (Lipinski definition) is 4. The summed E-state index contributed by atoms with van der Waals surface area (Å²) in [5.41, 5.74) is 21.7. The lowest BCUT2D eigenvalue weighted by Crippen LogP contribution is -2.24. The summed E-state index contributed by atoms with van der Waals surface area (Å²) in [4.78, 5) is 9.52. The standard InChI is InChI=1S/C61H46N4/c1-61(2)49-21-9-8-20-43(49)44-33-30-40(36-50(44)61)60-46-35-32-41(64-55-26-14-10-22-51(55)62(3)52-23-11-15-27-56(52)64)37-47(46)59(39-18-6-5-7-19-39)45-34-31-42(38-48(45)60)65-57-28-16-12-24-53(57)63(4)54-25-13-17-29-58(54)65/h5-38H,1-4H3. The zero-order valence-electron chi connectivity index (χ0n) is 36.9. The van der Waals surface area contributed by atoms with Gasteiger partial charge in [0.15, 0.2) is 0 Å². The van der Waals surface area contributed by atoms with Gasteiger partial charge in [-0.15, -0.1) is 0 Å². The first-order valence-corrected chi connectivity index (χ1v) is 22.6. The third-order valence-electron chi connectivity index (χ3n) is 14.5. The second kappa shape index (κ2) is 14.0. The number of nitrogens with zero attached hydrogens (tertiary/aromatic N) is 4. The Labute approximate surface area is 380 Å². The van der Waals surface area contributed by atoms with Crippen LogP contribution in [0.5, 0.6) is 0 Å². The van der Waals surface area contributed by atoms with Gasteiger partial charge in [-0.25, -0.2) is 0 Å². The first-order chi connectivity index (χ1) is 31.9. The van der Waals surface area contributed by atoms with Gasteiger partial charge < -0.3 is 19.6 Å². The van der Waals surface area contributed by atoms with Crippen molar-refractivity contribution in [2.75, 3.05) is 33.7 Å². The fourth-order valence-corrected chi connectivity index (χ4v) is 11.4. The number of hydrogen-bond donors (Lipinski definition) is 0. The Kier molecular flexibility index (Phi) is 8.05. The van der Waals surface area contributed by atoms with E-state index < -0.39 is 0 Å². The molecule has 0 amide bonds. The summed E-state index contributed by atoms with van der Waals surface area (Å²) < 4.78 is 0. The van der Waals surface area contributed by atoms with Crippen molar-refractivity contribution >= 4 is 78.4 Å². The Morgan fingerprint density at radius 1 is 0.308 bits per heavy atom. The Morgan fingerprint density at radius 3 is 1.20 bits per heavy atom. The van der Waals surface area contributed by atoms with Crippen LogP contribution in [-0.2, 0) is 5.41 Å². The van der Waals surface area contributed by atoms with E-state index in [0.29, 0.717) is 0 Å². The summed E-state index contributed by atoms with van der Waals surface area (Å²) in [6.07, 6.45) is 0. The Morgan fingerprint density at radius 2 is 0.708 bits per heavy atom. The number of benzene rings is 10. The van der Waals surface area contributed by atoms with Crippen LogP contribution in [-0.4, -0.2) is 14.1 Å². The molecule has 0 atom stereocenters. The highest BCUT2D eigenvalue weighted by atomic mass is 15.3. The lowest BCUT2D eigenvalue weighted by molar-refractivity contribution is 0.660. The van der Waals surface area contributed by atoms with Gasteiger partial charge in [-0.05, 0) is 145 Å². The molecule has 0 radical (unpaired) electrons. The van der Waals surface area contributed by atoms with E-state index in [2.05, 4.69) is 254 Å². The third kappa shape index (κ3) is 5.37. The van der Waals surface area contributed by atoms with Crippen molar-refractivity contribution in [1.82, 2.24) is 0 Å². The molecule has 13 rings (SSSR count). The van der Waals surface area contributed by atoms with E-state index in [1.807, 2.05) is 0 Å². The molecule has 310 valence electrons. The fraction of sp³-hybridized carbons (Fsp3) is 0.0820. The van der Waals surface area contributed by atoms with Crippen molar-refractivity contribution < 1.29 is 0 Å². The minimum atomic E-state index is -0.148. The SMILES string of the molecule is CN1c2ccccc2N(c2ccc3c(-c4ccc5c(c4)C(C)(C)c4ccccc4-5)c4cc(N5c6ccccc6N(C)c6ccccc65)ccc4c(-c4ccccc4)c3c2)c2ccccc21. The molecule has 2 aliphatic heterocycles. The molecule has 0 saturated heterocycles. The van der Waals surface area contributed by atoms with Crippen molar-refractivity contribution in [3.05, 3.63) is 217 Å². The Hall–Kier alpha value is -8.08. The quantitative estimate of drug-likeness (QED) is 0.164. The van der Waals surface area contributed by atoms with Gasteiger partial charge in [0, 0.05) is 30.9 Å². The van der Waals surface area contributed by atoms with E-state index in [-0.39, 0.29) is 5.41 Å². The predicted molar refractivity (Wildman–Crippen MR) is 275 cm³/mol. The molecule has 0 unspecified atom stereocenters. The average molecular weight is 835 g/mol. The number of rotatable bonds is 4. The second-order valence-corrected chi connectivity index (χ2v) is 18.3. The van der Waals surface area contributed by atoms with Gasteiger partial charge in [0.2, 0.25) is 0 Å². The molecule has 65 heavy (non-hydrogen) atoms. The van der Waals surface area contributed by atoms with E-state index in [1.165, 1.54) is 88.8 Å². The molecule has 0 fully saturated rings. The zero-order valence-corrected chi connectivity index (χ0v) is 36.9. The summed E-state index contributed by atoms with van der Waals surface area (Å²) in [5, 5.41) is 4.88. The minimum Gasteiger partial charge on any atom is -0.341 e. The molecule has 10 aromatic carbocycles. The Balaban J connectivity index is 1.13. The molecule has 0 spiro atoms. The van der Waals surface area contributed by atoms with Crippen LogP contribution >= 0.6 is 0 Å². The topological polar surface area (TPSA) is 13.0 Å². The first-order valence-electron chi connectivity index (χ1n) is 22.6. The van der Waals surface area contributed by atoms with Crippen LogP contribution in [0.4, 0.5) is 56.9 Å². The molecule has 4 nitrogen and oxygen atoms in total. The summed E-state index contributed by atoms with van der Waals surface area (Å²) in [5.74, 6) is 0. The number of fused-ring (bicyclic) bond motifs is 9. The second-order valence-electron chi connectivity index (χ2n) is 18.3. The third-order valence-corrected chi connectivity index (χ3v) is 14.5. The van der Waals surface area contributed by atoms with Gasteiger partial charge in [-0.1, -0.05) is 141 Å². The van der Waals surface area contributed by atoms with E-state index in [1.54, 1.807) is 0 Å². The van der Waals surface area contributed by atoms with Crippen LogP contribution < -0.4 is 19.6 Å². The van der Waals surface area contributed by atoms with Crippen molar-refractivity contribution in [1.29, 1.82) is 0 Å². The molecule has 4 heteroatoms. The smallest absolute Gasteiger partial charge is 0.0699 e. The maximum atomic E-state index is 2.50. The highest BCUT2D eigenvalue weighted by Crippen LogP contribution is 2.56. The highest BCUT2D eigenvalue weighted by molar-refractivity contribution is 6.23. The maximum Gasteiger partial charge on any atom is 0.0699 e. The van der Waals surface area contributed by atoms with Crippen molar-refractivity contribution in [3.8, 4) is 33.4 Å². The molecule has 10 aromatic rings. The Bertz CT molecular complexity index is 3490. The van der Waals surface area contributed by atoms with Crippen molar-refractivity contribution in [3.63, 3.8) is 0 Å². The van der Waals surface area contributed by atoms with E-state index in [0.717, 1.165) is 34.1 Å². The van der Waals surface area contributed by atoms with Crippen molar-refractivity contribution in [2.45, 2.75) is 19.3 Å². The highest BCUT2D eigenvalue weighted by Gasteiger charge is 2.36. The fourth-order valence-electron chi connectivity index (χ4n) is 11.4. The average Bonchev–Trinajstić information content (AvgIpc) is 3.58. The van der Waals surface area contributed by atoms with Crippen LogP contribution in [0.1, 0.15) is 25.0 Å². The van der Waals surface area contributed by atoms with Crippen LogP contribution in [0.3, 0.4) is 0 Å². The normalized spacial score (nSPS) is 14.2. The maximum absolute atomic E-state index is 2.50. The van der Waals surface area contributed by atoms with Crippen LogP contribution in [0.25, 0.3) is 54.9 Å². The molecule has 2 heterocycles. The summed E-state index contributed by atoms with van der Waals surface area (Å²) in [6, 6.07) is 76.7. The number of anilines is 10. The van der Waals surface area contributed by atoms with Gasteiger partial charge >= 0.3 is 0 Å². The molecular formula is C61H46N4. The summed E-state index contributed by atoms with van der Waals surface area (Å²) in [6.45, 7) is 4.77. The van der Waals surface area contributed by atoms with E-state index in [4.69, 9.17) is 0 Å². The van der Waals surface area contributed by atoms with Gasteiger partial charge in [0.05, 0.1) is 45.5 Å². The summed E-state index contributed by atoms with van der Waals surface area (Å²) >= 11 is 0.